The fraction of sp³-hybridized carbons (Fsp3) is 0.364. The van der Waals surface area contributed by atoms with Gasteiger partial charge < -0.3 is 5.11 Å². The first kappa shape index (κ1) is 25.8. The molecule has 1 aliphatic carbocycles. The lowest BCUT2D eigenvalue weighted by molar-refractivity contribution is 0.0438. The van der Waals surface area contributed by atoms with Crippen LogP contribution in [0.15, 0.2) is 49.1 Å². The summed E-state index contributed by atoms with van der Waals surface area (Å²) in [4.78, 5) is 21.3. The van der Waals surface area contributed by atoms with E-state index >= 15 is 0 Å². The molecule has 10 nitrogen and oxygen atoms in total. The van der Waals surface area contributed by atoms with Gasteiger partial charge in [-0.1, -0.05) is 12.1 Å². The van der Waals surface area contributed by atoms with Crippen molar-refractivity contribution in [3.63, 3.8) is 0 Å². The molecule has 4 rings (SSSR count). The Morgan fingerprint density at radius 2 is 2.11 bits per heavy atom. The number of hydrogen-bond donors (Lipinski definition) is 2. The van der Waals surface area contributed by atoms with Crippen LogP contribution in [-0.4, -0.2) is 57.9 Å². The van der Waals surface area contributed by atoms with Crippen LogP contribution >= 0.6 is 22.6 Å². The average molecular weight is 615 g/mol. The normalized spacial score (nSPS) is 22.4. The van der Waals surface area contributed by atoms with Gasteiger partial charge in [-0.05, 0) is 65.1 Å². The average Bonchev–Trinajstić information content (AvgIpc) is 3.37. The number of halogens is 2. The maximum atomic E-state index is 14.8. The summed E-state index contributed by atoms with van der Waals surface area (Å²) < 4.78 is 44.2. The lowest BCUT2D eigenvalue weighted by Gasteiger charge is -2.15. The molecule has 35 heavy (non-hydrogen) atoms. The number of nitrogens with zero attached hydrogens (tertiary/aromatic N) is 4. The molecular weight excluding hydrogens is 592 g/mol. The highest BCUT2D eigenvalue weighted by atomic mass is 127. The molecule has 0 bridgehead atoms. The van der Waals surface area contributed by atoms with E-state index < -0.39 is 46.8 Å². The van der Waals surface area contributed by atoms with Gasteiger partial charge in [0.2, 0.25) is 5.78 Å². The zero-order chi connectivity index (χ0) is 25.2. The maximum absolute atomic E-state index is 14.8. The number of carbonyl (C=O) groups is 1. The molecule has 4 atom stereocenters. The molecule has 2 heterocycles. The van der Waals surface area contributed by atoms with E-state index in [0.29, 0.717) is 12.2 Å². The second kappa shape index (κ2) is 10.7. The van der Waals surface area contributed by atoms with Crippen molar-refractivity contribution in [1.82, 2.24) is 19.7 Å². The number of aliphatic hydroxyl groups excluding tert-OH is 1. The fourth-order valence-electron chi connectivity index (χ4n) is 4.23. The van der Waals surface area contributed by atoms with Gasteiger partial charge >= 0.3 is 10.3 Å². The van der Waals surface area contributed by atoms with E-state index in [4.69, 9.17) is 5.14 Å². The first-order chi connectivity index (χ1) is 16.6. The van der Waals surface area contributed by atoms with Crippen molar-refractivity contribution in [3.8, 4) is 0 Å². The van der Waals surface area contributed by atoms with Crippen molar-refractivity contribution < 1.29 is 26.9 Å². The molecule has 3 N–H and O–H groups in total. The van der Waals surface area contributed by atoms with E-state index in [0.717, 1.165) is 9.13 Å². The van der Waals surface area contributed by atoms with Crippen LogP contribution < -0.4 is 5.14 Å². The van der Waals surface area contributed by atoms with Gasteiger partial charge in [-0.15, -0.1) is 0 Å². The van der Waals surface area contributed by atoms with Gasteiger partial charge in [0, 0.05) is 21.9 Å². The van der Waals surface area contributed by atoms with Crippen molar-refractivity contribution >= 4 is 38.7 Å². The van der Waals surface area contributed by atoms with E-state index in [9.17, 15) is 22.7 Å². The Hall–Kier alpha value is -2.33. The van der Waals surface area contributed by atoms with E-state index in [2.05, 4.69) is 41.8 Å². The van der Waals surface area contributed by atoms with Crippen LogP contribution in [0, 0.1) is 15.4 Å². The van der Waals surface area contributed by atoms with Crippen molar-refractivity contribution in [1.29, 1.82) is 0 Å². The molecule has 0 unspecified atom stereocenters. The van der Waals surface area contributed by atoms with E-state index in [1.807, 2.05) is 24.3 Å². The molecule has 2 aromatic heterocycles. The number of aromatic nitrogens is 4. The molecule has 0 aliphatic heterocycles. The Morgan fingerprint density at radius 1 is 1.31 bits per heavy atom. The van der Waals surface area contributed by atoms with Gasteiger partial charge in [0.15, 0.2) is 0 Å². The number of ketones is 1. The fourth-order valence-corrected chi connectivity index (χ4v) is 5.20. The van der Waals surface area contributed by atoms with Crippen molar-refractivity contribution in [2.24, 2.45) is 17.0 Å². The summed E-state index contributed by atoms with van der Waals surface area (Å²) in [5, 5.41) is 19.4. The predicted molar refractivity (Wildman–Crippen MR) is 131 cm³/mol. The van der Waals surface area contributed by atoms with Gasteiger partial charge in [0.05, 0.1) is 30.5 Å². The Labute approximate surface area is 215 Å². The van der Waals surface area contributed by atoms with Crippen LogP contribution in [0.25, 0.3) is 0 Å². The van der Waals surface area contributed by atoms with Crippen LogP contribution in [0.2, 0.25) is 0 Å². The molecule has 1 fully saturated rings. The third kappa shape index (κ3) is 6.46. The van der Waals surface area contributed by atoms with Crippen LogP contribution in [-0.2, 0) is 27.5 Å². The highest BCUT2D eigenvalue weighted by Crippen LogP contribution is 2.36. The number of benzene rings is 1. The molecule has 0 amide bonds. The monoisotopic (exact) mass is 615 g/mol. The second-order valence-electron chi connectivity index (χ2n) is 8.41. The summed E-state index contributed by atoms with van der Waals surface area (Å²) in [7, 11) is -4.21. The lowest BCUT2D eigenvalue weighted by Crippen LogP contribution is -2.29. The van der Waals surface area contributed by atoms with E-state index in [1.165, 1.54) is 12.5 Å². The number of nitrogens with two attached hydrogens (primary N) is 1. The van der Waals surface area contributed by atoms with Crippen LogP contribution in [0.1, 0.15) is 33.7 Å². The van der Waals surface area contributed by atoms with Gasteiger partial charge in [-0.3, -0.25) is 13.7 Å². The quantitative estimate of drug-likeness (QED) is 0.273. The van der Waals surface area contributed by atoms with Gasteiger partial charge in [0.1, 0.15) is 18.2 Å². The molecule has 0 saturated heterocycles. The zero-order valence-electron chi connectivity index (χ0n) is 18.4. The first-order valence-electron chi connectivity index (χ1n) is 10.7. The molecule has 13 heteroatoms. The van der Waals surface area contributed by atoms with Crippen LogP contribution in [0.3, 0.4) is 0 Å². The highest BCUT2D eigenvalue weighted by molar-refractivity contribution is 14.1. The summed E-state index contributed by atoms with van der Waals surface area (Å²) in [6, 6.07) is 9.53. The number of aliphatic hydroxyl groups is 1. The molecule has 1 aromatic carbocycles. The zero-order valence-corrected chi connectivity index (χ0v) is 21.3. The van der Waals surface area contributed by atoms with E-state index in [-0.39, 0.29) is 24.1 Å². The summed E-state index contributed by atoms with van der Waals surface area (Å²) in [5.41, 5.74) is 1.76. The maximum Gasteiger partial charge on any atom is 0.333 e. The number of rotatable bonds is 9. The topological polar surface area (TPSA) is 150 Å². The molecule has 0 spiro atoms. The third-order valence-corrected chi connectivity index (χ3v) is 7.05. The minimum absolute atomic E-state index is 0.0524. The molecule has 1 aliphatic rings. The van der Waals surface area contributed by atoms with Crippen molar-refractivity contribution in [3.05, 3.63) is 75.1 Å². The van der Waals surface area contributed by atoms with Gasteiger partial charge in [-0.25, -0.2) is 19.5 Å². The standard InChI is InChI=1S/C22H23FIN5O5S/c23-20-14(7-15(21(20)30)11-34-35(25,32)33)8-19-17(9-26-12-27-19)22(31)18-4-5-29(28-18)10-13-2-1-3-16(24)6-13/h1-6,9,12,14-15,20-21,30H,7-8,10-11H2,(H2,25,32,33)/t14-,15+,20+,21+/m0/s1. The second-order valence-corrected chi connectivity index (χ2v) is 10.9. The minimum atomic E-state index is -4.21. The van der Waals surface area contributed by atoms with Crippen molar-refractivity contribution in [2.75, 3.05) is 6.61 Å². The number of carbonyl (C=O) groups excluding carboxylic acids is 1. The Bertz CT molecular complexity index is 1320. The summed E-state index contributed by atoms with van der Waals surface area (Å²) in [6.07, 6.45) is 1.47. The van der Waals surface area contributed by atoms with Crippen LogP contribution in [0.4, 0.5) is 4.39 Å². The molecule has 1 saturated carbocycles. The molecular formula is C22H23FIN5O5S. The Kier molecular flexibility index (Phi) is 7.90. The van der Waals surface area contributed by atoms with Gasteiger partial charge in [0.25, 0.3) is 0 Å². The predicted octanol–water partition coefficient (Wildman–Crippen LogP) is 1.65. The lowest BCUT2D eigenvalue weighted by atomic mass is 9.95. The Morgan fingerprint density at radius 3 is 2.86 bits per heavy atom. The van der Waals surface area contributed by atoms with E-state index in [1.54, 1.807) is 16.9 Å². The Balaban J connectivity index is 1.47. The number of hydrogen-bond acceptors (Lipinski definition) is 8. The smallest absolute Gasteiger partial charge is 0.333 e. The van der Waals surface area contributed by atoms with Gasteiger partial charge in [-0.2, -0.15) is 13.5 Å². The minimum Gasteiger partial charge on any atom is -0.390 e. The molecule has 186 valence electrons. The summed E-state index contributed by atoms with van der Waals surface area (Å²) >= 11 is 2.23. The summed E-state index contributed by atoms with van der Waals surface area (Å²) in [5.74, 6) is -1.85. The largest absolute Gasteiger partial charge is 0.390 e. The summed E-state index contributed by atoms with van der Waals surface area (Å²) in [6.45, 7) is 0.0676. The number of alkyl halides is 1. The van der Waals surface area contributed by atoms with Crippen LogP contribution in [0.5, 0.6) is 0 Å². The third-order valence-electron chi connectivity index (χ3n) is 5.91. The highest BCUT2D eigenvalue weighted by Gasteiger charge is 2.43. The first-order valence-corrected chi connectivity index (χ1v) is 13.3. The SMILES string of the molecule is NS(=O)(=O)OC[C@H]1C[C@@H](Cc2ncncc2C(=O)c2ccn(Cc3cccc(I)c3)n2)[C@@H](F)[C@@H]1O. The molecule has 3 aromatic rings. The van der Waals surface area contributed by atoms with Crippen molar-refractivity contribution in [2.45, 2.75) is 31.7 Å². The molecule has 0 radical (unpaired) electrons.